The minimum absolute atomic E-state index is 0.705. The highest BCUT2D eigenvalue weighted by Crippen LogP contribution is 2.39. The number of aliphatic carboxylic acids is 1. The van der Waals surface area contributed by atoms with E-state index in [1.165, 1.54) is 0 Å². The van der Waals surface area contributed by atoms with E-state index in [0.29, 0.717) is 6.92 Å². The predicted molar refractivity (Wildman–Crippen MR) is 124 cm³/mol. The van der Waals surface area contributed by atoms with Crippen LogP contribution in [0.2, 0.25) is 0 Å². The fraction of sp³-hybridized carbons (Fsp3) is 0.952. The van der Waals surface area contributed by atoms with Crippen molar-refractivity contribution >= 4 is 5.97 Å². The van der Waals surface area contributed by atoms with Gasteiger partial charge in [0.15, 0.2) is 30.1 Å². The van der Waals surface area contributed by atoms with E-state index in [9.17, 15) is 55.9 Å². The van der Waals surface area contributed by atoms with Gasteiger partial charge in [0.1, 0.15) is 48.8 Å². The molecule has 0 aromatic carbocycles. The Kier molecular flexibility index (Phi) is 10.5. The van der Waals surface area contributed by atoms with Crippen LogP contribution in [-0.2, 0) is 28.5 Å². The van der Waals surface area contributed by atoms with Gasteiger partial charge in [0.05, 0.1) is 37.9 Å². The quantitative estimate of drug-likeness (QED) is 0.119. The van der Waals surface area contributed by atoms with Crippen LogP contribution >= 0.6 is 0 Å². The van der Waals surface area contributed by atoms with Crippen LogP contribution in [0.4, 0.5) is 0 Å². The number of hydrogen-bond acceptors (Lipinski definition) is 18. The lowest BCUT2D eigenvalue weighted by Gasteiger charge is -2.53. The zero-order valence-electron chi connectivity index (χ0n) is 21.4. The monoisotopic (exact) mass is 589 g/mol. The van der Waals surface area contributed by atoms with E-state index < -0.39 is 123 Å². The van der Waals surface area contributed by atoms with Crippen molar-refractivity contribution in [2.45, 2.75) is 104 Å². The first-order valence-corrected chi connectivity index (χ1v) is 12.3. The van der Waals surface area contributed by atoms with Gasteiger partial charge in [-0.05, 0) is 6.92 Å². The van der Waals surface area contributed by atoms with Gasteiger partial charge in [0.2, 0.25) is 0 Å². The van der Waals surface area contributed by atoms with E-state index in [4.69, 9.17) is 40.9 Å². The van der Waals surface area contributed by atoms with Gasteiger partial charge in [-0.25, -0.2) is 4.79 Å². The zero-order chi connectivity index (χ0) is 30.3. The molecule has 0 saturated carbocycles. The number of carbonyl (C=O) groups is 1. The molecule has 3 heterocycles. The minimum atomic E-state index is -2.99. The Balaban J connectivity index is 1.83. The lowest BCUT2D eigenvalue weighted by Crippen LogP contribution is -2.77. The van der Waals surface area contributed by atoms with Crippen LogP contribution in [0.25, 0.3) is 0 Å². The van der Waals surface area contributed by atoms with Crippen molar-refractivity contribution in [1.29, 1.82) is 0 Å². The van der Waals surface area contributed by atoms with E-state index in [1.807, 2.05) is 0 Å². The predicted octanol–water partition coefficient (Wildman–Crippen LogP) is -8.47. The third kappa shape index (κ3) is 5.59. The molecule has 3 aliphatic rings. The molecule has 0 spiro atoms. The molecule has 0 amide bonds. The molecule has 234 valence electrons. The van der Waals surface area contributed by atoms with Crippen molar-refractivity contribution in [3.8, 4) is 0 Å². The first-order chi connectivity index (χ1) is 18.6. The molecule has 0 aromatic rings. The highest BCUT2D eigenvalue weighted by Gasteiger charge is 2.65. The summed E-state index contributed by atoms with van der Waals surface area (Å²) >= 11 is 0. The molecule has 40 heavy (non-hydrogen) atoms. The Hall–Kier alpha value is -1.21. The molecule has 0 radical (unpaired) electrons. The summed E-state index contributed by atoms with van der Waals surface area (Å²) in [7, 11) is 0. The second-order valence-corrected chi connectivity index (χ2v) is 10.2. The lowest BCUT2D eigenvalue weighted by atomic mass is 9.74. The normalized spacial score (nSPS) is 49.8. The number of ether oxygens (including phenoxy) is 5. The SMILES string of the molecule is CC(O)(C(=O)O)[C@]1(CO)O[C@H](OC2[C@@H](CO)O[C@@H](OC3[C@@H](CO)O[C@@H](O)[C@H](N)[C@H]3O)[C@H](N)[C@H]2O)[C@H](N)[C@@H](O)[C@@H]1O. The van der Waals surface area contributed by atoms with E-state index in [0.717, 1.165) is 0 Å². The molecular formula is C21H39N3O16. The first-order valence-electron chi connectivity index (χ1n) is 12.3. The number of aliphatic hydroxyl groups is 9. The summed E-state index contributed by atoms with van der Waals surface area (Å²) in [5.41, 5.74) is 11.9. The summed E-state index contributed by atoms with van der Waals surface area (Å²) in [6.45, 7) is -2.20. The van der Waals surface area contributed by atoms with Gasteiger partial charge in [-0.3, -0.25) is 0 Å². The average Bonchev–Trinajstić information content (AvgIpc) is 2.92. The summed E-state index contributed by atoms with van der Waals surface area (Å²) < 4.78 is 27.5. The van der Waals surface area contributed by atoms with Crippen LogP contribution in [-0.4, -0.2) is 174 Å². The number of nitrogens with two attached hydrogens (primary N) is 3. The van der Waals surface area contributed by atoms with Crippen LogP contribution in [0, 0.1) is 0 Å². The maximum atomic E-state index is 11.7. The second-order valence-electron chi connectivity index (χ2n) is 10.2. The summed E-state index contributed by atoms with van der Waals surface area (Å²) in [4.78, 5) is 11.7. The Morgan fingerprint density at radius 2 is 1.30 bits per heavy atom. The fourth-order valence-corrected chi connectivity index (χ4v) is 4.95. The molecule has 3 saturated heterocycles. The van der Waals surface area contributed by atoms with Crippen LogP contribution < -0.4 is 17.2 Å². The van der Waals surface area contributed by atoms with Gasteiger partial charge < -0.3 is 92.0 Å². The highest BCUT2D eigenvalue weighted by molar-refractivity contribution is 5.78. The fourth-order valence-electron chi connectivity index (χ4n) is 4.95. The number of rotatable bonds is 9. The van der Waals surface area contributed by atoms with Gasteiger partial charge in [-0.1, -0.05) is 0 Å². The largest absolute Gasteiger partial charge is 0.479 e. The van der Waals surface area contributed by atoms with Gasteiger partial charge >= 0.3 is 5.97 Å². The molecule has 3 rings (SSSR count). The van der Waals surface area contributed by atoms with Crippen LogP contribution in [0.3, 0.4) is 0 Å². The maximum Gasteiger partial charge on any atom is 0.338 e. The molecule has 19 nitrogen and oxygen atoms in total. The Morgan fingerprint density at radius 1 is 0.825 bits per heavy atom. The molecule has 3 unspecified atom stereocenters. The van der Waals surface area contributed by atoms with E-state index >= 15 is 0 Å². The van der Waals surface area contributed by atoms with Crippen molar-refractivity contribution < 1.29 is 79.5 Å². The molecule has 0 bridgehead atoms. The standard InChI is InChI=1S/C21H39N3O16/c1-20(35,19(33)34)21(4-27)15(31)12(30)9(24)18(40-21)39-14-6(3-26)37-17(8(23)11(14)29)38-13-5(2-25)36-16(32)7(22)10(13)28/h5-18,25-32,35H,2-4,22-24H2,1H3,(H,33,34)/t5-,6-,7-,8-,9-,10-,11-,12-,13?,14?,15+,16-,17+,18+,20?,21-/m1/s1. The molecule has 0 aromatic heterocycles. The Labute approximate surface area is 227 Å². The number of hydrogen-bond donors (Lipinski definition) is 13. The first kappa shape index (κ1) is 33.3. The molecule has 16 N–H and O–H groups in total. The van der Waals surface area contributed by atoms with Crippen molar-refractivity contribution in [1.82, 2.24) is 0 Å². The van der Waals surface area contributed by atoms with Crippen LogP contribution in [0.5, 0.6) is 0 Å². The zero-order valence-corrected chi connectivity index (χ0v) is 21.4. The van der Waals surface area contributed by atoms with Gasteiger partial charge in [-0.2, -0.15) is 0 Å². The molecule has 16 atom stereocenters. The maximum absolute atomic E-state index is 11.7. The minimum Gasteiger partial charge on any atom is -0.479 e. The van der Waals surface area contributed by atoms with Crippen molar-refractivity contribution in [3.63, 3.8) is 0 Å². The van der Waals surface area contributed by atoms with Crippen LogP contribution in [0.15, 0.2) is 0 Å². The molecular weight excluding hydrogens is 550 g/mol. The van der Waals surface area contributed by atoms with Gasteiger partial charge in [0.25, 0.3) is 0 Å². The lowest BCUT2D eigenvalue weighted by molar-refractivity contribution is -0.376. The van der Waals surface area contributed by atoms with Crippen LogP contribution in [0.1, 0.15) is 6.92 Å². The van der Waals surface area contributed by atoms with Crippen molar-refractivity contribution in [2.75, 3.05) is 19.8 Å². The summed E-state index contributed by atoms with van der Waals surface area (Å²) in [5.74, 6) is -1.93. The molecule has 19 heteroatoms. The number of aliphatic hydroxyl groups excluding tert-OH is 8. The highest BCUT2D eigenvalue weighted by atomic mass is 16.7. The molecule has 3 fully saturated rings. The van der Waals surface area contributed by atoms with Crippen molar-refractivity contribution in [3.05, 3.63) is 0 Å². The van der Waals surface area contributed by atoms with Gasteiger partial charge in [-0.15, -0.1) is 0 Å². The molecule has 0 aliphatic carbocycles. The topological polar surface area (TPSA) is 344 Å². The smallest absolute Gasteiger partial charge is 0.338 e. The average molecular weight is 590 g/mol. The van der Waals surface area contributed by atoms with Crippen molar-refractivity contribution in [2.24, 2.45) is 17.2 Å². The second kappa shape index (κ2) is 12.6. The molecule has 3 aliphatic heterocycles. The van der Waals surface area contributed by atoms with E-state index in [2.05, 4.69) is 0 Å². The number of carboxylic acids is 1. The summed E-state index contributed by atoms with van der Waals surface area (Å²) in [6, 6.07) is -4.48. The Bertz CT molecular complexity index is 868. The van der Waals surface area contributed by atoms with E-state index in [1.54, 1.807) is 0 Å². The van der Waals surface area contributed by atoms with E-state index in [-0.39, 0.29) is 0 Å². The third-order valence-electron chi connectivity index (χ3n) is 7.72. The number of carboxylic acid groups (broad SMARTS) is 1. The third-order valence-corrected chi connectivity index (χ3v) is 7.72. The van der Waals surface area contributed by atoms with Gasteiger partial charge in [0, 0.05) is 0 Å². The Morgan fingerprint density at radius 3 is 1.80 bits per heavy atom. The summed E-state index contributed by atoms with van der Waals surface area (Å²) in [5, 5.41) is 102. The summed E-state index contributed by atoms with van der Waals surface area (Å²) in [6.07, 6.45) is -18.5.